The maximum absolute atomic E-state index is 13.1. The molecule has 1 aromatic carbocycles. The summed E-state index contributed by atoms with van der Waals surface area (Å²) in [6.45, 7) is 4.50. The SMILES string of the molecule is CC(C)OCCCN1C(=O)C(O)=C(C(=O)c2cccs2)[C@H]1c1ccc([N+](=O)[O-])cc1. The summed E-state index contributed by atoms with van der Waals surface area (Å²) in [6.07, 6.45) is 0.563. The van der Waals surface area contributed by atoms with E-state index in [0.29, 0.717) is 23.5 Å². The van der Waals surface area contributed by atoms with E-state index in [4.69, 9.17) is 4.74 Å². The van der Waals surface area contributed by atoms with Crippen LogP contribution in [-0.2, 0) is 9.53 Å². The highest BCUT2D eigenvalue weighted by Gasteiger charge is 2.43. The smallest absolute Gasteiger partial charge is 0.290 e. The van der Waals surface area contributed by atoms with Crippen LogP contribution in [0.15, 0.2) is 53.1 Å². The molecule has 0 saturated heterocycles. The van der Waals surface area contributed by atoms with Crippen LogP contribution >= 0.6 is 11.3 Å². The monoisotopic (exact) mass is 430 g/mol. The molecule has 2 heterocycles. The molecule has 158 valence electrons. The second-order valence-electron chi connectivity index (χ2n) is 7.09. The van der Waals surface area contributed by atoms with Crippen molar-refractivity contribution in [3.05, 3.63) is 73.7 Å². The van der Waals surface area contributed by atoms with Crippen LogP contribution in [-0.4, -0.2) is 45.9 Å². The molecule has 3 rings (SSSR count). The zero-order chi connectivity index (χ0) is 21.8. The van der Waals surface area contributed by atoms with E-state index in [9.17, 15) is 24.8 Å². The lowest BCUT2D eigenvalue weighted by molar-refractivity contribution is -0.384. The lowest BCUT2D eigenvalue weighted by Crippen LogP contribution is -2.32. The second-order valence-corrected chi connectivity index (χ2v) is 8.04. The molecule has 1 aliphatic rings. The Balaban J connectivity index is 1.95. The predicted octanol–water partition coefficient (Wildman–Crippen LogP) is 4.05. The van der Waals surface area contributed by atoms with E-state index in [-0.39, 0.29) is 23.9 Å². The van der Waals surface area contributed by atoms with Crippen LogP contribution in [0.2, 0.25) is 0 Å². The Hall–Kier alpha value is -3.04. The fourth-order valence-electron chi connectivity index (χ4n) is 3.34. The number of amides is 1. The van der Waals surface area contributed by atoms with E-state index >= 15 is 0 Å². The summed E-state index contributed by atoms with van der Waals surface area (Å²) in [5.41, 5.74) is 0.406. The third-order valence-electron chi connectivity index (χ3n) is 4.71. The molecule has 1 aromatic heterocycles. The van der Waals surface area contributed by atoms with Gasteiger partial charge < -0.3 is 14.7 Å². The number of nitro benzene ring substituents is 1. The molecule has 0 unspecified atom stereocenters. The minimum Gasteiger partial charge on any atom is -0.503 e. The van der Waals surface area contributed by atoms with Gasteiger partial charge in [-0.1, -0.05) is 6.07 Å². The molecule has 0 saturated carbocycles. The van der Waals surface area contributed by atoms with Gasteiger partial charge in [-0.15, -0.1) is 11.3 Å². The second kappa shape index (κ2) is 9.19. The molecule has 30 heavy (non-hydrogen) atoms. The summed E-state index contributed by atoms with van der Waals surface area (Å²) >= 11 is 1.22. The zero-order valence-corrected chi connectivity index (χ0v) is 17.4. The predicted molar refractivity (Wildman–Crippen MR) is 112 cm³/mol. The molecule has 1 N–H and O–H groups in total. The molecule has 2 aromatic rings. The largest absolute Gasteiger partial charge is 0.503 e. The molecular weight excluding hydrogens is 408 g/mol. The Bertz CT molecular complexity index is 966. The zero-order valence-electron chi connectivity index (χ0n) is 16.6. The molecule has 1 atom stereocenters. The van der Waals surface area contributed by atoms with Gasteiger partial charge in [0.2, 0.25) is 5.78 Å². The van der Waals surface area contributed by atoms with Gasteiger partial charge in [0.05, 0.1) is 27.5 Å². The van der Waals surface area contributed by atoms with Gasteiger partial charge in [-0.05, 0) is 49.4 Å². The molecule has 0 bridgehead atoms. The average Bonchev–Trinajstić information content (AvgIpc) is 3.33. The number of nitro groups is 1. The first-order valence-corrected chi connectivity index (χ1v) is 10.4. The highest BCUT2D eigenvalue weighted by molar-refractivity contribution is 7.12. The van der Waals surface area contributed by atoms with Crippen molar-refractivity contribution < 1.29 is 24.4 Å². The van der Waals surface area contributed by atoms with Crippen molar-refractivity contribution >= 4 is 28.7 Å². The highest BCUT2D eigenvalue weighted by Crippen LogP contribution is 2.40. The lowest BCUT2D eigenvalue weighted by Gasteiger charge is -2.27. The van der Waals surface area contributed by atoms with Gasteiger partial charge >= 0.3 is 0 Å². The number of hydrogen-bond acceptors (Lipinski definition) is 7. The average molecular weight is 430 g/mol. The number of aliphatic hydroxyl groups excluding tert-OH is 1. The van der Waals surface area contributed by atoms with E-state index in [1.807, 2.05) is 13.8 Å². The van der Waals surface area contributed by atoms with Gasteiger partial charge in [-0.3, -0.25) is 19.7 Å². The highest BCUT2D eigenvalue weighted by atomic mass is 32.1. The van der Waals surface area contributed by atoms with E-state index in [1.165, 1.54) is 40.5 Å². The third kappa shape index (κ3) is 4.42. The fourth-order valence-corrected chi connectivity index (χ4v) is 4.01. The summed E-state index contributed by atoms with van der Waals surface area (Å²) in [4.78, 5) is 38.2. The number of rotatable bonds is 9. The Labute approximate surface area is 177 Å². The van der Waals surface area contributed by atoms with E-state index in [2.05, 4.69) is 0 Å². The lowest BCUT2D eigenvalue weighted by atomic mass is 9.95. The number of carbonyl (C=O) groups is 2. The van der Waals surface area contributed by atoms with Gasteiger partial charge in [0, 0.05) is 25.3 Å². The number of Topliss-reactive ketones (excluding diaryl/α,β-unsaturated/α-hetero) is 1. The third-order valence-corrected chi connectivity index (χ3v) is 5.58. The molecule has 0 spiro atoms. The number of ether oxygens (including phenoxy) is 1. The number of thiophene rings is 1. The Kier molecular flexibility index (Phi) is 6.63. The molecule has 8 nitrogen and oxygen atoms in total. The topological polar surface area (TPSA) is 110 Å². The van der Waals surface area contributed by atoms with Crippen LogP contribution in [0, 0.1) is 10.1 Å². The maximum atomic E-state index is 13.1. The number of non-ortho nitro benzene ring substituents is 1. The first kappa shape index (κ1) is 21.7. The molecule has 1 amide bonds. The summed E-state index contributed by atoms with van der Waals surface area (Å²) in [5, 5.41) is 23.3. The first-order chi connectivity index (χ1) is 14.3. The standard InChI is InChI=1S/C21H22N2O6S/c1-13(2)29-11-4-10-22-18(14-6-8-15(9-7-14)23(27)28)17(20(25)21(22)26)19(24)16-5-3-12-30-16/h3,5-9,12-13,18,25H,4,10-11H2,1-2H3/t18-/m1/s1. The minimum atomic E-state index is -0.827. The van der Waals surface area contributed by atoms with Crippen molar-refractivity contribution in [1.82, 2.24) is 4.90 Å². The van der Waals surface area contributed by atoms with Crippen LogP contribution < -0.4 is 0 Å². The number of nitrogens with zero attached hydrogens (tertiary/aromatic N) is 2. The van der Waals surface area contributed by atoms with Gasteiger partial charge in [-0.2, -0.15) is 0 Å². The molecule has 0 radical (unpaired) electrons. The van der Waals surface area contributed by atoms with Crippen molar-refractivity contribution in [2.75, 3.05) is 13.2 Å². The maximum Gasteiger partial charge on any atom is 0.290 e. The van der Waals surface area contributed by atoms with Crippen LogP contribution in [0.4, 0.5) is 5.69 Å². The Morgan fingerprint density at radius 2 is 2.00 bits per heavy atom. The van der Waals surface area contributed by atoms with E-state index in [0.717, 1.165) is 0 Å². The molecule has 9 heteroatoms. The van der Waals surface area contributed by atoms with Gasteiger partial charge in [-0.25, -0.2) is 0 Å². The van der Waals surface area contributed by atoms with Crippen molar-refractivity contribution in [1.29, 1.82) is 0 Å². The van der Waals surface area contributed by atoms with E-state index in [1.54, 1.807) is 17.5 Å². The first-order valence-electron chi connectivity index (χ1n) is 9.49. The van der Waals surface area contributed by atoms with Crippen LogP contribution in [0.5, 0.6) is 0 Å². The Morgan fingerprint density at radius 1 is 1.30 bits per heavy atom. The molecular formula is C21H22N2O6S. The minimum absolute atomic E-state index is 0.0129. The fraction of sp³-hybridized carbons (Fsp3) is 0.333. The summed E-state index contributed by atoms with van der Waals surface area (Å²) in [7, 11) is 0. The van der Waals surface area contributed by atoms with Crippen LogP contribution in [0.1, 0.15) is 41.5 Å². The van der Waals surface area contributed by atoms with Crippen molar-refractivity contribution in [3.8, 4) is 0 Å². The molecule has 0 aliphatic carbocycles. The normalized spacial score (nSPS) is 16.6. The Morgan fingerprint density at radius 3 is 2.57 bits per heavy atom. The molecule has 0 fully saturated rings. The summed E-state index contributed by atoms with van der Waals surface area (Å²) in [6, 6.07) is 8.18. The van der Waals surface area contributed by atoms with Crippen LogP contribution in [0.3, 0.4) is 0 Å². The van der Waals surface area contributed by atoms with E-state index < -0.39 is 28.4 Å². The number of carbonyl (C=O) groups excluding carboxylic acids is 2. The number of hydrogen-bond donors (Lipinski definition) is 1. The number of aliphatic hydroxyl groups is 1. The number of ketones is 1. The number of benzene rings is 1. The van der Waals surface area contributed by atoms with Crippen molar-refractivity contribution in [2.45, 2.75) is 32.4 Å². The van der Waals surface area contributed by atoms with Crippen molar-refractivity contribution in [3.63, 3.8) is 0 Å². The van der Waals surface area contributed by atoms with Crippen molar-refractivity contribution in [2.24, 2.45) is 0 Å². The van der Waals surface area contributed by atoms with Gasteiger partial charge in [0.25, 0.3) is 11.6 Å². The van der Waals surface area contributed by atoms with Crippen LogP contribution in [0.25, 0.3) is 0 Å². The van der Waals surface area contributed by atoms with Gasteiger partial charge in [0.15, 0.2) is 5.76 Å². The quantitative estimate of drug-likeness (QED) is 0.278. The summed E-state index contributed by atoms with van der Waals surface area (Å²) in [5.74, 6) is -1.65. The van der Waals surface area contributed by atoms with Gasteiger partial charge in [0.1, 0.15) is 0 Å². The molecule has 1 aliphatic heterocycles. The summed E-state index contributed by atoms with van der Waals surface area (Å²) < 4.78 is 5.53.